The smallest absolute Gasteiger partial charge is 0.550 e. The molecule has 0 fully saturated rings. The summed E-state index contributed by atoms with van der Waals surface area (Å²) in [6.07, 6.45) is -0.510. The molecule has 0 heterocycles. The zero-order valence-corrected chi connectivity index (χ0v) is 10.3. The third-order valence-electron chi connectivity index (χ3n) is 1.30. The van der Waals surface area contributed by atoms with Gasteiger partial charge in [-0.25, -0.2) is 4.79 Å². The van der Waals surface area contributed by atoms with Gasteiger partial charge in [0.1, 0.15) is 6.04 Å². The Morgan fingerprint density at radius 2 is 1.93 bits per heavy atom. The summed E-state index contributed by atoms with van der Waals surface area (Å²) in [5, 5.41) is 18.1. The molecular formula is C7H10NNaO6. The molecule has 0 aliphatic heterocycles. The standard InChI is InChI=1S/C7H11NO6.Na/c8-4(1-2-5(9)10)7(13)14-3-6(11)12;/h4H,1-3,8H2,(H,9,10)(H,11,12);/q;+1/p-1/t4-;/m0./s1. The third kappa shape index (κ3) is 9.67. The van der Waals surface area contributed by atoms with Gasteiger partial charge in [0.25, 0.3) is 0 Å². The maximum Gasteiger partial charge on any atom is 1.00 e. The van der Waals surface area contributed by atoms with E-state index >= 15 is 0 Å². The quantitative estimate of drug-likeness (QED) is 0.342. The molecule has 7 nitrogen and oxygen atoms in total. The van der Waals surface area contributed by atoms with E-state index in [1.165, 1.54) is 0 Å². The van der Waals surface area contributed by atoms with Crippen LogP contribution in [0.5, 0.6) is 0 Å². The summed E-state index contributed by atoms with van der Waals surface area (Å²) >= 11 is 0. The fourth-order valence-corrected chi connectivity index (χ4v) is 0.631. The number of hydrogen-bond acceptors (Lipinski definition) is 6. The van der Waals surface area contributed by atoms with E-state index in [0.29, 0.717) is 0 Å². The number of esters is 1. The number of carboxylic acids is 2. The number of rotatable bonds is 6. The maximum atomic E-state index is 10.8. The van der Waals surface area contributed by atoms with Crippen LogP contribution < -0.4 is 40.4 Å². The second kappa shape index (κ2) is 8.66. The number of carbonyl (C=O) groups is 3. The molecule has 8 heteroatoms. The Hall–Kier alpha value is -0.630. The molecule has 1 atom stereocenters. The number of nitrogens with two attached hydrogens (primary N) is 1. The van der Waals surface area contributed by atoms with Crippen LogP contribution in [0.1, 0.15) is 12.8 Å². The number of carbonyl (C=O) groups excluding carboxylic acids is 2. The second-order valence-electron chi connectivity index (χ2n) is 2.52. The van der Waals surface area contributed by atoms with Gasteiger partial charge in [0, 0.05) is 5.97 Å². The first-order chi connectivity index (χ1) is 6.43. The first kappa shape index (κ1) is 16.8. The van der Waals surface area contributed by atoms with Gasteiger partial charge >= 0.3 is 41.5 Å². The van der Waals surface area contributed by atoms with Gasteiger partial charge < -0.3 is 25.5 Å². The Morgan fingerprint density at radius 1 is 1.40 bits per heavy atom. The van der Waals surface area contributed by atoms with Crippen molar-refractivity contribution in [1.82, 2.24) is 0 Å². The van der Waals surface area contributed by atoms with Crippen molar-refractivity contribution in [3.8, 4) is 0 Å². The third-order valence-corrected chi connectivity index (χ3v) is 1.30. The van der Waals surface area contributed by atoms with Gasteiger partial charge in [0.2, 0.25) is 0 Å². The summed E-state index contributed by atoms with van der Waals surface area (Å²) in [5.74, 6) is -3.56. The predicted molar refractivity (Wildman–Crippen MR) is 40.8 cm³/mol. The maximum absolute atomic E-state index is 10.8. The average Bonchev–Trinajstić information content (AvgIpc) is 2.09. The van der Waals surface area contributed by atoms with Crippen molar-refractivity contribution in [1.29, 1.82) is 0 Å². The molecule has 0 amide bonds. The van der Waals surface area contributed by atoms with E-state index in [0.717, 1.165) is 0 Å². The van der Waals surface area contributed by atoms with Crippen LogP contribution in [0.4, 0.5) is 0 Å². The average molecular weight is 227 g/mol. The predicted octanol–water partition coefficient (Wildman–Crippen LogP) is -5.52. The molecule has 15 heavy (non-hydrogen) atoms. The van der Waals surface area contributed by atoms with E-state index in [2.05, 4.69) is 4.74 Å². The molecule has 0 aromatic rings. The summed E-state index contributed by atoms with van der Waals surface area (Å²) in [4.78, 5) is 30.8. The van der Waals surface area contributed by atoms with Crippen molar-refractivity contribution in [3.05, 3.63) is 0 Å². The Morgan fingerprint density at radius 3 is 2.33 bits per heavy atom. The van der Waals surface area contributed by atoms with Crippen LogP contribution in [0, 0.1) is 0 Å². The van der Waals surface area contributed by atoms with Gasteiger partial charge in [-0.3, -0.25) is 4.79 Å². The fourth-order valence-electron chi connectivity index (χ4n) is 0.631. The molecule has 80 valence electrons. The van der Waals surface area contributed by atoms with Gasteiger partial charge in [0.05, 0.1) is 0 Å². The Balaban J connectivity index is 0. The Labute approximate surface area is 108 Å². The molecule has 0 saturated carbocycles. The molecule has 0 aromatic heterocycles. The zero-order valence-electron chi connectivity index (χ0n) is 8.26. The van der Waals surface area contributed by atoms with Crippen molar-refractivity contribution in [2.45, 2.75) is 18.9 Å². The molecule has 0 spiro atoms. The Kier molecular flexibility index (Phi) is 9.69. The van der Waals surface area contributed by atoms with Crippen LogP contribution in [0.3, 0.4) is 0 Å². The van der Waals surface area contributed by atoms with Crippen LogP contribution in [0.2, 0.25) is 0 Å². The minimum absolute atomic E-state index is 0. The SMILES string of the molecule is N[C@@H](CCC(=O)[O-])C(=O)OCC(=O)O.[Na+]. The van der Waals surface area contributed by atoms with Gasteiger partial charge in [0.15, 0.2) is 6.61 Å². The number of carboxylic acid groups (broad SMARTS) is 2. The number of aliphatic carboxylic acids is 2. The fraction of sp³-hybridized carbons (Fsp3) is 0.571. The number of hydrogen-bond donors (Lipinski definition) is 2. The van der Waals surface area contributed by atoms with E-state index in [-0.39, 0.29) is 42.4 Å². The topological polar surface area (TPSA) is 130 Å². The van der Waals surface area contributed by atoms with Gasteiger partial charge in [-0.05, 0) is 12.8 Å². The zero-order chi connectivity index (χ0) is 11.1. The van der Waals surface area contributed by atoms with E-state index in [1.807, 2.05) is 0 Å². The van der Waals surface area contributed by atoms with Gasteiger partial charge in [-0.15, -0.1) is 0 Å². The molecule has 0 unspecified atom stereocenters. The van der Waals surface area contributed by atoms with Crippen molar-refractivity contribution in [2.24, 2.45) is 5.73 Å². The number of ether oxygens (including phenoxy) is 1. The second-order valence-corrected chi connectivity index (χ2v) is 2.52. The van der Waals surface area contributed by atoms with Crippen molar-refractivity contribution in [3.63, 3.8) is 0 Å². The van der Waals surface area contributed by atoms with Crippen molar-refractivity contribution < 1.29 is 58.9 Å². The molecule has 0 saturated heterocycles. The first-order valence-electron chi connectivity index (χ1n) is 3.77. The molecule has 0 radical (unpaired) electrons. The summed E-state index contributed by atoms with van der Waals surface area (Å²) in [6.45, 7) is -0.780. The van der Waals surface area contributed by atoms with Gasteiger partial charge in [-0.2, -0.15) is 0 Å². The van der Waals surface area contributed by atoms with Crippen LogP contribution in [-0.4, -0.2) is 35.7 Å². The summed E-state index contributed by atoms with van der Waals surface area (Å²) < 4.78 is 4.22. The van der Waals surface area contributed by atoms with Crippen molar-refractivity contribution >= 4 is 17.9 Å². The van der Waals surface area contributed by atoms with Gasteiger partial charge in [-0.1, -0.05) is 0 Å². The Bertz CT molecular complexity index is 244. The van der Waals surface area contributed by atoms with E-state index in [4.69, 9.17) is 10.8 Å². The molecular weight excluding hydrogens is 217 g/mol. The van der Waals surface area contributed by atoms with Crippen LogP contribution in [0.15, 0.2) is 0 Å². The molecule has 0 aromatic carbocycles. The molecule has 3 N–H and O–H groups in total. The normalized spacial score (nSPS) is 11.0. The summed E-state index contributed by atoms with van der Waals surface area (Å²) in [7, 11) is 0. The minimum Gasteiger partial charge on any atom is -0.550 e. The molecule has 0 aliphatic carbocycles. The minimum atomic E-state index is -1.33. The molecule has 0 rings (SSSR count). The van der Waals surface area contributed by atoms with E-state index in [1.54, 1.807) is 0 Å². The molecule has 0 aliphatic rings. The van der Waals surface area contributed by atoms with E-state index < -0.39 is 30.6 Å². The van der Waals surface area contributed by atoms with Crippen LogP contribution in [-0.2, 0) is 19.1 Å². The van der Waals surface area contributed by atoms with Crippen LogP contribution >= 0.6 is 0 Å². The van der Waals surface area contributed by atoms with Crippen molar-refractivity contribution in [2.75, 3.05) is 6.61 Å². The summed E-state index contributed by atoms with van der Waals surface area (Å²) in [5.41, 5.74) is 5.19. The van der Waals surface area contributed by atoms with E-state index in [9.17, 15) is 19.5 Å². The monoisotopic (exact) mass is 227 g/mol. The largest absolute Gasteiger partial charge is 1.00 e. The summed E-state index contributed by atoms with van der Waals surface area (Å²) in [6, 6.07) is -1.13. The first-order valence-corrected chi connectivity index (χ1v) is 3.77. The van der Waals surface area contributed by atoms with Crippen LogP contribution in [0.25, 0.3) is 0 Å². The molecule has 0 bridgehead atoms.